The molecule has 1 aromatic carbocycles. The van der Waals surface area contributed by atoms with Crippen LogP contribution >= 0.6 is 0 Å². The lowest BCUT2D eigenvalue weighted by molar-refractivity contribution is 0.290. The summed E-state index contributed by atoms with van der Waals surface area (Å²) in [5.74, 6) is 1.57. The van der Waals surface area contributed by atoms with Gasteiger partial charge >= 0.3 is 0 Å². The van der Waals surface area contributed by atoms with Crippen molar-refractivity contribution in [1.82, 2.24) is 0 Å². The standard InChI is InChI=1S/C15H23NO2/c1-5-17-14-8-6-7-13(9-12(4)16)15(14)18-10-11(2)3/h6-8,12H,2,5,9-10,16H2,1,3-4H3. The van der Waals surface area contributed by atoms with Crippen LogP contribution in [0.1, 0.15) is 26.3 Å². The van der Waals surface area contributed by atoms with Crippen LogP contribution in [-0.4, -0.2) is 19.3 Å². The Morgan fingerprint density at radius 2 is 2.11 bits per heavy atom. The van der Waals surface area contributed by atoms with Crippen LogP contribution in [0.5, 0.6) is 11.5 Å². The van der Waals surface area contributed by atoms with Gasteiger partial charge in [0.15, 0.2) is 11.5 Å². The molecule has 0 saturated carbocycles. The van der Waals surface area contributed by atoms with Crippen molar-refractivity contribution in [3.63, 3.8) is 0 Å². The third-order valence-corrected chi connectivity index (χ3v) is 2.37. The zero-order valence-corrected chi connectivity index (χ0v) is 11.5. The van der Waals surface area contributed by atoms with Crippen LogP contribution in [0.2, 0.25) is 0 Å². The second-order valence-electron chi connectivity index (χ2n) is 4.60. The molecule has 0 fully saturated rings. The molecule has 0 spiro atoms. The molecular weight excluding hydrogens is 226 g/mol. The van der Waals surface area contributed by atoms with E-state index in [1.807, 2.05) is 39.0 Å². The van der Waals surface area contributed by atoms with Crippen LogP contribution in [0.3, 0.4) is 0 Å². The van der Waals surface area contributed by atoms with E-state index in [1.54, 1.807) is 0 Å². The van der Waals surface area contributed by atoms with E-state index in [0.29, 0.717) is 13.2 Å². The maximum Gasteiger partial charge on any atom is 0.164 e. The van der Waals surface area contributed by atoms with E-state index in [-0.39, 0.29) is 6.04 Å². The van der Waals surface area contributed by atoms with Crippen molar-refractivity contribution in [2.45, 2.75) is 33.2 Å². The van der Waals surface area contributed by atoms with Gasteiger partial charge in [0.05, 0.1) is 6.61 Å². The first-order valence-electron chi connectivity index (χ1n) is 6.32. The van der Waals surface area contributed by atoms with E-state index in [1.165, 1.54) is 0 Å². The second-order valence-corrected chi connectivity index (χ2v) is 4.60. The summed E-state index contributed by atoms with van der Waals surface area (Å²) in [6.07, 6.45) is 0.770. The molecular formula is C15H23NO2. The monoisotopic (exact) mass is 249 g/mol. The van der Waals surface area contributed by atoms with Gasteiger partial charge in [-0.15, -0.1) is 0 Å². The molecule has 2 N–H and O–H groups in total. The highest BCUT2D eigenvalue weighted by atomic mass is 16.5. The molecule has 0 saturated heterocycles. The van der Waals surface area contributed by atoms with E-state index < -0.39 is 0 Å². The summed E-state index contributed by atoms with van der Waals surface area (Å²) in [6.45, 7) is 10.8. The van der Waals surface area contributed by atoms with Crippen LogP contribution in [0, 0.1) is 0 Å². The number of benzene rings is 1. The lowest BCUT2D eigenvalue weighted by atomic mass is 10.1. The Bertz CT molecular complexity index is 399. The molecule has 1 aromatic rings. The van der Waals surface area contributed by atoms with Crippen molar-refractivity contribution in [3.05, 3.63) is 35.9 Å². The average Bonchev–Trinajstić information content (AvgIpc) is 2.27. The van der Waals surface area contributed by atoms with Crippen LogP contribution in [0.15, 0.2) is 30.4 Å². The van der Waals surface area contributed by atoms with Crippen molar-refractivity contribution in [1.29, 1.82) is 0 Å². The molecule has 100 valence electrons. The Labute approximate surface area is 110 Å². The van der Waals surface area contributed by atoms with Gasteiger partial charge in [-0.3, -0.25) is 0 Å². The van der Waals surface area contributed by atoms with E-state index in [4.69, 9.17) is 15.2 Å². The summed E-state index contributed by atoms with van der Waals surface area (Å²) in [5, 5.41) is 0. The normalized spacial score (nSPS) is 12.0. The fraction of sp³-hybridized carbons (Fsp3) is 0.467. The largest absolute Gasteiger partial charge is 0.490 e. The summed E-state index contributed by atoms with van der Waals surface area (Å²) in [5.41, 5.74) is 7.92. The maximum atomic E-state index is 5.86. The van der Waals surface area contributed by atoms with Crippen molar-refractivity contribution in [2.75, 3.05) is 13.2 Å². The Morgan fingerprint density at radius 1 is 1.39 bits per heavy atom. The molecule has 0 aromatic heterocycles. The first-order valence-corrected chi connectivity index (χ1v) is 6.32. The Hall–Kier alpha value is -1.48. The minimum atomic E-state index is 0.0917. The van der Waals surface area contributed by atoms with Gasteiger partial charge in [0.25, 0.3) is 0 Å². The van der Waals surface area contributed by atoms with Crippen molar-refractivity contribution in [2.24, 2.45) is 5.73 Å². The lowest BCUT2D eigenvalue weighted by Gasteiger charge is -2.17. The molecule has 0 bridgehead atoms. The Balaban J connectivity index is 2.99. The maximum absolute atomic E-state index is 5.86. The zero-order chi connectivity index (χ0) is 13.5. The molecule has 0 heterocycles. The number of para-hydroxylation sites is 1. The molecule has 18 heavy (non-hydrogen) atoms. The molecule has 1 rings (SSSR count). The SMILES string of the molecule is C=C(C)COc1c(CC(C)N)cccc1OCC. The van der Waals surface area contributed by atoms with Gasteiger partial charge in [0, 0.05) is 6.04 Å². The second kappa shape index (κ2) is 7.07. The van der Waals surface area contributed by atoms with Gasteiger partial charge in [-0.05, 0) is 44.4 Å². The fourth-order valence-corrected chi connectivity index (χ4v) is 1.70. The van der Waals surface area contributed by atoms with Crippen molar-refractivity contribution in [3.8, 4) is 11.5 Å². The molecule has 3 nitrogen and oxygen atoms in total. The van der Waals surface area contributed by atoms with E-state index in [0.717, 1.165) is 29.1 Å². The van der Waals surface area contributed by atoms with Gasteiger partial charge < -0.3 is 15.2 Å². The highest BCUT2D eigenvalue weighted by molar-refractivity contribution is 5.47. The minimum Gasteiger partial charge on any atom is -0.490 e. The van der Waals surface area contributed by atoms with E-state index in [9.17, 15) is 0 Å². The molecule has 1 unspecified atom stereocenters. The average molecular weight is 249 g/mol. The number of hydrogen-bond acceptors (Lipinski definition) is 3. The lowest BCUT2D eigenvalue weighted by Crippen LogP contribution is -2.18. The molecule has 0 amide bonds. The topological polar surface area (TPSA) is 44.5 Å². The van der Waals surface area contributed by atoms with Crippen LogP contribution in [0.25, 0.3) is 0 Å². The Kier molecular flexibility index (Phi) is 5.72. The molecule has 0 aliphatic heterocycles. The van der Waals surface area contributed by atoms with Crippen LogP contribution in [0.4, 0.5) is 0 Å². The zero-order valence-electron chi connectivity index (χ0n) is 11.5. The number of rotatable bonds is 7. The van der Waals surface area contributed by atoms with E-state index >= 15 is 0 Å². The third-order valence-electron chi connectivity index (χ3n) is 2.37. The third kappa shape index (κ3) is 4.41. The molecule has 0 aliphatic rings. The number of hydrogen-bond donors (Lipinski definition) is 1. The summed E-state index contributed by atoms with van der Waals surface area (Å²) in [7, 11) is 0. The molecule has 0 aliphatic carbocycles. The molecule has 0 radical (unpaired) electrons. The van der Waals surface area contributed by atoms with Gasteiger partial charge in [-0.25, -0.2) is 0 Å². The van der Waals surface area contributed by atoms with Gasteiger partial charge in [-0.2, -0.15) is 0 Å². The summed E-state index contributed by atoms with van der Waals surface area (Å²) in [6, 6.07) is 6.01. The number of nitrogens with two attached hydrogens (primary N) is 1. The summed E-state index contributed by atoms with van der Waals surface area (Å²) >= 11 is 0. The first kappa shape index (κ1) is 14.6. The summed E-state index contributed by atoms with van der Waals surface area (Å²) < 4.78 is 11.4. The van der Waals surface area contributed by atoms with Gasteiger partial charge in [-0.1, -0.05) is 18.7 Å². The predicted octanol–water partition coefficient (Wildman–Crippen LogP) is 2.93. The predicted molar refractivity (Wildman–Crippen MR) is 75.3 cm³/mol. The molecule has 1 atom stereocenters. The summed E-state index contributed by atoms with van der Waals surface area (Å²) in [4.78, 5) is 0. The Morgan fingerprint density at radius 3 is 2.67 bits per heavy atom. The highest BCUT2D eigenvalue weighted by Gasteiger charge is 2.12. The van der Waals surface area contributed by atoms with Crippen molar-refractivity contribution < 1.29 is 9.47 Å². The fourth-order valence-electron chi connectivity index (χ4n) is 1.70. The molecule has 3 heteroatoms. The van der Waals surface area contributed by atoms with Crippen molar-refractivity contribution >= 4 is 0 Å². The minimum absolute atomic E-state index is 0.0917. The van der Waals surface area contributed by atoms with Crippen LogP contribution < -0.4 is 15.2 Å². The first-order chi connectivity index (χ1) is 8.54. The van der Waals surface area contributed by atoms with Gasteiger partial charge in [0.2, 0.25) is 0 Å². The number of ether oxygens (including phenoxy) is 2. The van der Waals surface area contributed by atoms with Crippen LogP contribution in [-0.2, 0) is 6.42 Å². The highest BCUT2D eigenvalue weighted by Crippen LogP contribution is 2.32. The smallest absolute Gasteiger partial charge is 0.164 e. The van der Waals surface area contributed by atoms with Gasteiger partial charge in [0.1, 0.15) is 6.61 Å². The quantitative estimate of drug-likeness (QED) is 0.756. The van der Waals surface area contributed by atoms with E-state index in [2.05, 4.69) is 6.58 Å².